The van der Waals surface area contributed by atoms with Crippen molar-refractivity contribution in [1.29, 1.82) is 0 Å². The van der Waals surface area contributed by atoms with Gasteiger partial charge in [-0.25, -0.2) is 12.7 Å². The molecular formula is C20H21ClN3O4S-. The van der Waals surface area contributed by atoms with E-state index in [-0.39, 0.29) is 41.7 Å². The molecule has 0 spiro atoms. The summed E-state index contributed by atoms with van der Waals surface area (Å²) in [5.41, 5.74) is 1.30. The minimum atomic E-state index is -3.86. The molecule has 0 radical (unpaired) electrons. The van der Waals surface area contributed by atoms with Crippen LogP contribution in [0.25, 0.3) is 0 Å². The predicted octanol–water partition coefficient (Wildman–Crippen LogP) is -1.43. The Kier molecular flexibility index (Phi) is 6.14. The second kappa shape index (κ2) is 8.42. The van der Waals surface area contributed by atoms with E-state index in [1.807, 2.05) is 30.3 Å². The molecule has 2 aromatic rings. The van der Waals surface area contributed by atoms with Gasteiger partial charge in [-0.1, -0.05) is 30.3 Å². The summed E-state index contributed by atoms with van der Waals surface area (Å²) in [6.45, 7) is 2.47. The number of halogens is 1. The lowest BCUT2D eigenvalue weighted by molar-refractivity contribution is -0.131. The number of anilines is 1. The van der Waals surface area contributed by atoms with Crippen LogP contribution in [0.1, 0.15) is 16.8 Å². The van der Waals surface area contributed by atoms with Crippen LogP contribution >= 0.6 is 0 Å². The van der Waals surface area contributed by atoms with Crippen molar-refractivity contribution in [3.63, 3.8) is 0 Å². The van der Waals surface area contributed by atoms with Crippen LogP contribution in [0.3, 0.4) is 0 Å². The Hall–Kier alpha value is -2.58. The third kappa shape index (κ3) is 3.95. The van der Waals surface area contributed by atoms with Crippen LogP contribution in [0.4, 0.5) is 5.69 Å². The number of benzene rings is 2. The number of para-hydroxylation sites is 1. The normalized spacial score (nSPS) is 17.7. The van der Waals surface area contributed by atoms with E-state index in [9.17, 15) is 18.0 Å². The van der Waals surface area contributed by atoms with E-state index in [1.54, 1.807) is 17.0 Å². The van der Waals surface area contributed by atoms with Gasteiger partial charge in [0.05, 0.1) is 5.56 Å². The first kappa shape index (κ1) is 21.1. The lowest BCUT2D eigenvalue weighted by atomic mass is 10.2. The number of hydrogen-bond acceptors (Lipinski definition) is 5. The first-order chi connectivity index (χ1) is 13.5. The number of sulfonamides is 1. The predicted molar refractivity (Wildman–Crippen MR) is 105 cm³/mol. The molecule has 154 valence electrons. The lowest BCUT2D eigenvalue weighted by Gasteiger charge is -2.36. The highest BCUT2D eigenvalue weighted by molar-refractivity contribution is 7.90. The Balaban J connectivity index is 0.00000240. The molecule has 0 N–H and O–H groups in total. The zero-order valence-corrected chi connectivity index (χ0v) is 17.3. The topological polar surface area (TPSA) is 78.0 Å². The van der Waals surface area contributed by atoms with Crippen molar-refractivity contribution in [2.75, 3.05) is 37.6 Å². The first-order valence-electron chi connectivity index (χ1n) is 9.22. The van der Waals surface area contributed by atoms with Gasteiger partial charge in [0.25, 0.3) is 15.9 Å². The second-order valence-electron chi connectivity index (χ2n) is 6.83. The fourth-order valence-electron chi connectivity index (χ4n) is 3.66. The molecule has 0 bridgehead atoms. The highest BCUT2D eigenvalue weighted by Gasteiger charge is 2.40. The summed E-state index contributed by atoms with van der Waals surface area (Å²) in [4.78, 5) is 28.9. The van der Waals surface area contributed by atoms with E-state index in [4.69, 9.17) is 0 Å². The summed E-state index contributed by atoms with van der Waals surface area (Å²) < 4.78 is 25.9. The van der Waals surface area contributed by atoms with E-state index < -0.39 is 15.9 Å². The van der Waals surface area contributed by atoms with E-state index in [0.29, 0.717) is 13.1 Å². The molecule has 2 amide bonds. The van der Waals surface area contributed by atoms with Gasteiger partial charge in [0, 0.05) is 44.8 Å². The van der Waals surface area contributed by atoms with E-state index >= 15 is 0 Å². The maximum atomic E-state index is 12.6. The molecule has 0 unspecified atom stereocenters. The Bertz CT molecular complexity index is 1010. The third-order valence-corrected chi connectivity index (χ3v) is 7.03. The average Bonchev–Trinajstić information content (AvgIpc) is 2.93. The van der Waals surface area contributed by atoms with Crippen LogP contribution in [0.5, 0.6) is 0 Å². The van der Waals surface area contributed by atoms with Gasteiger partial charge in [-0.2, -0.15) is 0 Å². The van der Waals surface area contributed by atoms with E-state index in [1.165, 1.54) is 12.1 Å². The molecular weight excluding hydrogens is 414 g/mol. The number of carbonyl (C=O) groups is 2. The molecule has 2 aromatic carbocycles. The molecule has 0 aromatic heterocycles. The van der Waals surface area contributed by atoms with Crippen LogP contribution in [0.15, 0.2) is 59.5 Å². The minimum absolute atomic E-state index is 0. The molecule has 4 rings (SSSR count). The smallest absolute Gasteiger partial charge is 0.269 e. The highest BCUT2D eigenvalue weighted by atomic mass is 35.5. The Morgan fingerprint density at radius 3 is 2.17 bits per heavy atom. The zero-order chi connectivity index (χ0) is 19.7. The Morgan fingerprint density at radius 2 is 1.52 bits per heavy atom. The van der Waals surface area contributed by atoms with Crippen molar-refractivity contribution in [2.24, 2.45) is 0 Å². The van der Waals surface area contributed by atoms with Gasteiger partial charge in [0.1, 0.15) is 4.90 Å². The number of fused-ring (bicyclic) bond motifs is 1. The minimum Gasteiger partial charge on any atom is -1.00 e. The fraction of sp³-hybridized carbons (Fsp3) is 0.300. The van der Waals surface area contributed by atoms with Gasteiger partial charge in [0.2, 0.25) is 5.91 Å². The van der Waals surface area contributed by atoms with Gasteiger partial charge < -0.3 is 22.2 Å². The largest absolute Gasteiger partial charge is 1.00 e. The second-order valence-corrected chi connectivity index (χ2v) is 8.66. The standard InChI is InChI=1S/C20H21N3O4S.ClH/c24-19(22-14-12-21(13-15-22)16-6-2-1-3-7-16)10-11-23-20(25)17-8-4-5-9-18(17)28(23,26)27;/h1-9H,10-15H2;1H/p-1. The van der Waals surface area contributed by atoms with Crippen molar-refractivity contribution in [2.45, 2.75) is 11.3 Å². The van der Waals surface area contributed by atoms with E-state index in [2.05, 4.69) is 4.90 Å². The van der Waals surface area contributed by atoms with Crippen molar-refractivity contribution >= 4 is 27.5 Å². The quantitative estimate of drug-likeness (QED) is 0.590. The lowest BCUT2D eigenvalue weighted by Crippen LogP contribution is -3.00. The average molecular weight is 435 g/mol. The maximum Gasteiger partial charge on any atom is 0.269 e. The Morgan fingerprint density at radius 1 is 0.897 bits per heavy atom. The van der Waals surface area contributed by atoms with Crippen molar-refractivity contribution < 1.29 is 30.4 Å². The Labute approximate surface area is 176 Å². The molecule has 1 saturated heterocycles. The summed E-state index contributed by atoms with van der Waals surface area (Å²) in [5, 5.41) is 0. The molecule has 7 nitrogen and oxygen atoms in total. The van der Waals surface area contributed by atoms with Gasteiger partial charge in [-0.15, -0.1) is 0 Å². The molecule has 1 fully saturated rings. The van der Waals surface area contributed by atoms with Crippen molar-refractivity contribution in [3.8, 4) is 0 Å². The summed E-state index contributed by atoms with van der Waals surface area (Å²) in [6.07, 6.45) is -0.00963. The van der Waals surface area contributed by atoms with Crippen molar-refractivity contribution in [3.05, 3.63) is 60.2 Å². The van der Waals surface area contributed by atoms with Crippen LogP contribution in [0, 0.1) is 0 Å². The molecule has 29 heavy (non-hydrogen) atoms. The maximum absolute atomic E-state index is 12.6. The molecule has 0 saturated carbocycles. The molecule has 2 heterocycles. The monoisotopic (exact) mass is 434 g/mol. The van der Waals surface area contributed by atoms with Crippen molar-refractivity contribution in [1.82, 2.24) is 9.21 Å². The molecule has 9 heteroatoms. The summed E-state index contributed by atoms with van der Waals surface area (Å²) in [5.74, 6) is -0.691. The molecule has 0 atom stereocenters. The van der Waals surface area contributed by atoms with Crippen LogP contribution in [0.2, 0.25) is 0 Å². The number of amides is 2. The van der Waals surface area contributed by atoms with E-state index in [0.717, 1.165) is 23.1 Å². The number of hydrogen-bond donors (Lipinski definition) is 0. The van der Waals surface area contributed by atoms with Crippen LogP contribution in [-0.4, -0.2) is 62.2 Å². The van der Waals surface area contributed by atoms with Gasteiger partial charge in [-0.3, -0.25) is 9.59 Å². The van der Waals surface area contributed by atoms with Crippen LogP contribution in [-0.2, 0) is 14.8 Å². The summed E-state index contributed by atoms with van der Waals surface area (Å²) in [7, 11) is -3.86. The van der Waals surface area contributed by atoms with Gasteiger partial charge in [-0.05, 0) is 24.3 Å². The number of carbonyl (C=O) groups excluding carboxylic acids is 2. The SMILES string of the molecule is O=C(CCN1C(=O)c2ccccc2S1(=O)=O)N1CCN(c2ccccc2)CC1.[Cl-]. The fourth-order valence-corrected chi connectivity index (χ4v) is 5.23. The molecule has 2 aliphatic heterocycles. The first-order valence-corrected chi connectivity index (χ1v) is 10.7. The van der Waals surface area contributed by atoms with Gasteiger partial charge >= 0.3 is 0 Å². The third-order valence-electron chi connectivity index (χ3n) is 5.19. The molecule has 2 aliphatic rings. The van der Waals surface area contributed by atoms with Crippen LogP contribution < -0.4 is 17.3 Å². The number of nitrogens with zero attached hydrogens (tertiary/aromatic N) is 3. The summed E-state index contributed by atoms with van der Waals surface area (Å²) in [6, 6.07) is 16.2. The number of rotatable bonds is 4. The molecule has 0 aliphatic carbocycles. The van der Waals surface area contributed by atoms with Gasteiger partial charge in [0.15, 0.2) is 0 Å². The summed E-state index contributed by atoms with van der Waals surface area (Å²) >= 11 is 0. The highest BCUT2D eigenvalue weighted by Crippen LogP contribution is 2.30. The number of piperazine rings is 1. The zero-order valence-electron chi connectivity index (χ0n) is 15.7.